The van der Waals surface area contributed by atoms with E-state index in [1.807, 2.05) is 50.5 Å². The third-order valence-corrected chi connectivity index (χ3v) is 3.40. The van der Waals surface area contributed by atoms with Gasteiger partial charge in [-0.2, -0.15) is 9.13 Å². The Labute approximate surface area is 141 Å². The van der Waals surface area contributed by atoms with E-state index in [9.17, 15) is 8.78 Å². The van der Waals surface area contributed by atoms with E-state index in [1.54, 1.807) is 21.3 Å². The van der Waals surface area contributed by atoms with Crippen LogP contribution in [0.15, 0.2) is 73.3 Å². The van der Waals surface area contributed by atoms with Gasteiger partial charge in [0.25, 0.3) is 0 Å². The average molecular weight is 328 g/mol. The molecule has 2 nitrogen and oxygen atoms in total. The SMILES string of the molecule is CC.Fc1ccc[n+](Cc2ccc(C[n+]3cccc(F)c3)cc2)c1. The molecule has 3 rings (SSSR count). The lowest BCUT2D eigenvalue weighted by atomic mass is 10.1. The van der Waals surface area contributed by atoms with Crippen molar-refractivity contribution in [2.24, 2.45) is 0 Å². The fraction of sp³-hybridized carbons (Fsp3) is 0.200. The summed E-state index contributed by atoms with van der Waals surface area (Å²) < 4.78 is 29.9. The second-order valence-electron chi connectivity index (χ2n) is 5.21. The molecule has 0 amide bonds. The maximum atomic E-state index is 13.2. The smallest absolute Gasteiger partial charge is 0.200 e. The zero-order chi connectivity index (χ0) is 17.4. The molecule has 0 spiro atoms. The van der Waals surface area contributed by atoms with Gasteiger partial charge in [0.15, 0.2) is 37.1 Å². The fourth-order valence-corrected chi connectivity index (χ4v) is 2.35. The first-order valence-corrected chi connectivity index (χ1v) is 8.06. The summed E-state index contributed by atoms with van der Waals surface area (Å²) in [6.45, 7) is 5.23. The summed E-state index contributed by atoms with van der Waals surface area (Å²) >= 11 is 0. The van der Waals surface area contributed by atoms with Crippen molar-refractivity contribution in [2.45, 2.75) is 26.9 Å². The van der Waals surface area contributed by atoms with Crippen molar-refractivity contribution in [3.63, 3.8) is 0 Å². The van der Waals surface area contributed by atoms with E-state index in [0.717, 1.165) is 11.1 Å². The molecule has 0 saturated heterocycles. The van der Waals surface area contributed by atoms with Gasteiger partial charge in [-0.3, -0.25) is 0 Å². The van der Waals surface area contributed by atoms with Crippen LogP contribution in [0.25, 0.3) is 0 Å². The zero-order valence-corrected chi connectivity index (χ0v) is 14.0. The Morgan fingerprint density at radius 1 is 0.667 bits per heavy atom. The quantitative estimate of drug-likeness (QED) is 0.646. The van der Waals surface area contributed by atoms with Crippen LogP contribution in [0.1, 0.15) is 25.0 Å². The zero-order valence-electron chi connectivity index (χ0n) is 14.0. The van der Waals surface area contributed by atoms with Crippen LogP contribution in [0.5, 0.6) is 0 Å². The molecule has 0 aliphatic rings. The van der Waals surface area contributed by atoms with E-state index in [0.29, 0.717) is 13.1 Å². The second-order valence-corrected chi connectivity index (χ2v) is 5.21. The van der Waals surface area contributed by atoms with Crippen LogP contribution in [-0.4, -0.2) is 0 Å². The number of hydrogen-bond donors (Lipinski definition) is 0. The predicted octanol–water partition coefficient (Wildman–Crippen LogP) is 3.66. The molecule has 124 valence electrons. The van der Waals surface area contributed by atoms with Crippen molar-refractivity contribution in [3.8, 4) is 0 Å². The van der Waals surface area contributed by atoms with Crippen molar-refractivity contribution < 1.29 is 17.9 Å². The number of hydrogen-bond acceptors (Lipinski definition) is 0. The highest BCUT2D eigenvalue weighted by molar-refractivity contribution is 5.21. The van der Waals surface area contributed by atoms with E-state index in [-0.39, 0.29) is 11.6 Å². The minimum atomic E-state index is -0.248. The van der Waals surface area contributed by atoms with Gasteiger partial charge in [0.2, 0.25) is 12.4 Å². The molecule has 0 unspecified atom stereocenters. The van der Waals surface area contributed by atoms with Gasteiger partial charge in [0.1, 0.15) is 0 Å². The molecule has 0 fully saturated rings. The number of benzene rings is 1. The molecule has 2 heterocycles. The van der Waals surface area contributed by atoms with Gasteiger partial charge in [-0.25, -0.2) is 8.78 Å². The van der Waals surface area contributed by atoms with Crippen LogP contribution in [-0.2, 0) is 13.1 Å². The molecule has 0 saturated carbocycles. The first kappa shape index (κ1) is 17.7. The van der Waals surface area contributed by atoms with E-state index in [4.69, 9.17) is 0 Å². The third kappa shape index (κ3) is 5.23. The first-order valence-electron chi connectivity index (χ1n) is 8.06. The molecule has 0 aliphatic carbocycles. The Morgan fingerprint density at radius 3 is 1.38 bits per heavy atom. The summed E-state index contributed by atoms with van der Waals surface area (Å²) in [7, 11) is 0. The molecule has 0 bridgehead atoms. The highest BCUT2D eigenvalue weighted by atomic mass is 19.1. The molecule has 0 N–H and O–H groups in total. The van der Waals surface area contributed by atoms with Gasteiger partial charge in [-0.1, -0.05) is 38.1 Å². The summed E-state index contributed by atoms with van der Waals surface area (Å²) in [6, 6.07) is 14.3. The molecule has 0 radical (unpaired) electrons. The van der Waals surface area contributed by atoms with Crippen LogP contribution >= 0.6 is 0 Å². The first-order chi connectivity index (χ1) is 11.7. The summed E-state index contributed by atoms with van der Waals surface area (Å²) in [5.41, 5.74) is 2.17. The lowest BCUT2D eigenvalue weighted by Crippen LogP contribution is -2.34. The predicted molar refractivity (Wildman–Crippen MR) is 89.2 cm³/mol. The molecule has 0 atom stereocenters. The highest BCUT2D eigenvalue weighted by Gasteiger charge is 2.07. The number of nitrogens with zero attached hydrogens (tertiary/aromatic N) is 2. The van der Waals surface area contributed by atoms with Crippen molar-refractivity contribution in [3.05, 3.63) is 96.1 Å². The number of rotatable bonds is 4. The lowest BCUT2D eigenvalue weighted by Gasteiger charge is -2.01. The molecule has 0 aliphatic heterocycles. The molecular formula is C20H22F2N2+2. The van der Waals surface area contributed by atoms with E-state index in [2.05, 4.69) is 0 Å². The topological polar surface area (TPSA) is 7.76 Å². The number of aromatic nitrogens is 2. The van der Waals surface area contributed by atoms with Crippen LogP contribution in [0, 0.1) is 11.6 Å². The molecule has 2 aromatic heterocycles. The van der Waals surface area contributed by atoms with Gasteiger partial charge < -0.3 is 0 Å². The van der Waals surface area contributed by atoms with Gasteiger partial charge in [0, 0.05) is 23.3 Å². The molecule has 3 aromatic rings. The highest BCUT2D eigenvalue weighted by Crippen LogP contribution is 2.04. The van der Waals surface area contributed by atoms with Gasteiger partial charge in [0.05, 0.1) is 0 Å². The van der Waals surface area contributed by atoms with Crippen LogP contribution < -0.4 is 9.13 Å². The standard InChI is InChI=1S/C18H16F2N2.C2H6/c19-17-3-1-9-21(13-17)11-15-5-7-16(8-6-15)12-22-10-2-4-18(20)14-22;1-2/h1-10,13-14H,11-12H2;1-2H3/q+2;. The molecular weight excluding hydrogens is 306 g/mol. The van der Waals surface area contributed by atoms with Crippen molar-refractivity contribution in [1.29, 1.82) is 0 Å². The Hall–Kier alpha value is -2.62. The largest absolute Gasteiger partial charge is 0.205 e. The lowest BCUT2D eigenvalue weighted by molar-refractivity contribution is -0.690. The van der Waals surface area contributed by atoms with Crippen LogP contribution in [0.4, 0.5) is 8.78 Å². The van der Waals surface area contributed by atoms with E-state index in [1.165, 1.54) is 24.5 Å². The van der Waals surface area contributed by atoms with Crippen molar-refractivity contribution in [2.75, 3.05) is 0 Å². The van der Waals surface area contributed by atoms with E-state index >= 15 is 0 Å². The summed E-state index contributed by atoms with van der Waals surface area (Å²) in [5, 5.41) is 0. The Balaban J connectivity index is 0.00000100. The number of pyridine rings is 2. The Kier molecular flexibility index (Phi) is 6.55. The molecule has 24 heavy (non-hydrogen) atoms. The number of halogens is 2. The summed E-state index contributed by atoms with van der Waals surface area (Å²) in [6.07, 6.45) is 6.60. The molecule has 4 heteroatoms. The van der Waals surface area contributed by atoms with Crippen LogP contribution in [0.2, 0.25) is 0 Å². The van der Waals surface area contributed by atoms with Crippen molar-refractivity contribution >= 4 is 0 Å². The normalized spacial score (nSPS) is 10.0. The van der Waals surface area contributed by atoms with Gasteiger partial charge in [-0.15, -0.1) is 0 Å². The Bertz CT molecular complexity index is 704. The minimum absolute atomic E-state index is 0.248. The summed E-state index contributed by atoms with van der Waals surface area (Å²) in [4.78, 5) is 0. The maximum Gasteiger partial charge on any atom is 0.205 e. The maximum absolute atomic E-state index is 13.2. The van der Waals surface area contributed by atoms with Crippen molar-refractivity contribution in [1.82, 2.24) is 0 Å². The van der Waals surface area contributed by atoms with Crippen LogP contribution in [0.3, 0.4) is 0 Å². The Morgan fingerprint density at radius 2 is 1.04 bits per heavy atom. The third-order valence-electron chi connectivity index (χ3n) is 3.40. The van der Waals surface area contributed by atoms with E-state index < -0.39 is 0 Å². The second kappa shape index (κ2) is 8.87. The average Bonchev–Trinajstić information content (AvgIpc) is 2.59. The monoisotopic (exact) mass is 328 g/mol. The molecule has 1 aromatic carbocycles. The minimum Gasteiger partial charge on any atom is -0.200 e. The summed E-state index contributed by atoms with van der Waals surface area (Å²) in [5.74, 6) is -0.497. The fourth-order valence-electron chi connectivity index (χ4n) is 2.35. The van der Waals surface area contributed by atoms with Gasteiger partial charge >= 0.3 is 0 Å². The van der Waals surface area contributed by atoms with Gasteiger partial charge in [-0.05, 0) is 12.1 Å².